The Hall–Kier alpha value is -0.590. The van der Waals surface area contributed by atoms with Crippen LogP contribution in [-0.2, 0) is 0 Å². The maximum Gasteiger partial charge on any atom is 0.105 e. The van der Waals surface area contributed by atoms with E-state index < -0.39 is 0 Å². The van der Waals surface area contributed by atoms with Crippen molar-refractivity contribution in [3.63, 3.8) is 0 Å². The topological polar surface area (TPSA) is 39.1 Å². The Morgan fingerprint density at radius 2 is 1.65 bits per heavy atom. The molecule has 0 aromatic heterocycles. The molecule has 20 heavy (non-hydrogen) atoms. The van der Waals surface area contributed by atoms with Crippen LogP contribution in [0, 0.1) is 23.2 Å². The van der Waals surface area contributed by atoms with Gasteiger partial charge in [-0.3, -0.25) is 5.32 Å². The summed E-state index contributed by atoms with van der Waals surface area (Å²) in [5.41, 5.74) is -0.382. The number of hydrogen-bond acceptors (Lipinski definition) is 3. The van der Waals surface area contributed by atoms with Crippen molar-refractivity contribution >= 4 is 0 Å². The van der Waals surface area contributed by atoms with Gasteiger partial charge in [0.1, 0.15) is 5.54 Å². The fourth-order valence-corrected chi connectivity index (χ4v) is 2.91. The second kappa shape index (κ2) is 7.43. The lowest BCUT2D eigenvalue weighted by Gasteiger charge is -2.36. The zero-order valence-corrected chi connectivity index (χ0v) is 14.2. The Kier molecular flexibility index (Phi) is 6.48. The van der Waals surface area contributed by atoms with Crippen molar-refractivity contribution in [2.45, 2.75) is 78.4 Å². The first kappa shape index (κ1) is 17.5. The highest BCUT2D eigenvalue weighted by atomic mass is 15.2. The second-order valence-corrected chi connectivity index (χ2v) is 7.66. The molecule has 0 amide bonds. The highest BCUT2D eigenvalue weighted by Gasteiger charge is 2.34. The molecule has 1 N–H and O–H groups in total. The van der Waals surface area contributed by atoms with Gasteiger partial charge >= 0.3 is 0 Å². The zero-order valence-electron chi connectivity index (χ0n) is 14.2. The van der Waals surface area contributed by atoms with Crippen LogP contribution < -0.4 is 5.32 Å². The lowest BCUT2D eigenvalue weighted by molar-refractivity contribution is 0.142. The van der Waals surface area contributed by atoms with E-state index in [0.29, 0.717) is 23.9 Å². The third-order valence-corrected chi connectivity index (χ3v) is 3.87. The molecule has 0 aliphatic heterocycles. The first-order chi connectivity index (χ1) is 9.25. The standard InChI is InChI=1S/C17H33N3/c1-13(2)10-20(11-14(3)4)15(5)9-17(6,12-18)19-16-7-8-16/h13-16,19H,7-11H2,1-6H3. The summed E-state index contributed by atoms with van der Waals surface area (Å²) in [5, 5.41) is 13.0. The summed E-state index contributed by atoms with van der Waals surface area (Å²) in [7, 11) is 0. The molecule has 3 heteroatoms. The molecule has 1 rings (SSSR count). The molecule has 2 unspecified atom stereocenters. The summed E-state index contributed by atoms with van der Waals surface area (Å²) in [6.45, 7) is 15.6. The molecule has 0 heterocycles. The van der Waals surface area contributed by atoms with E-state index >= 15 is 0 Å². The van der Waals surface area contributed by atoms with Gasteiger partial charge in [-0.2, -0.15) is 5.26 Å². The summed E-state index contributed by atoms with van der Waals surface area (Å²) in [4.78, 5) is 2.56. The average Bonchev–Trinajstić information content (AvgIpc) is 3.10. The molecule has 3 nitrogen and oxygen atoms in total. The molecule has 0 saturated heterocycles. The van der Waals surface area contributed by atoms with E-state index in [9.17, 15) is 5.26 Å². The summed E-state index contributed by atoms with van der Waals surface area (Å²) < 4.78 is 0. The van der Waals surface area contributed by atoms with Gasteiger partial charge in [0.2, 0.25) is 0 Å². The molecular weight excluding hydrogens is 246 g/mol. The fourth-order valence-electron chi connectivity index (χ4n) is 2.91. The van der Waals surface area contributed by atoms with E-state index in [0.717, 1.165) is 19.5 Å². The summed E-state index contributed by atoms with van der Waals surface area (Å²) in [6, 6.07) is 3.52. The first-order valence-corrected chi connectivity index (χ1v) is 8.18. The number of nitrogens with zero attached hydrogens (tertiary/aromatic N) is 2. The zero-order chi connectivity index (χ0) is 15.3. The smallest absolute Gasteiger partial charge is 0.105 e. The highest BCUT2D eigenvalue weighted by molar-refractivity contribution is 5.08. The highest BCUT2D eigenvalue weighted by Crippen LogP contribution is 2.26. The molecule has 0 bridgehead atoms. The van der Waals surface area contributed by atoms with Gasteiger partial charge in [0.15, 0.2) is 0 Å². The summed E-state index contributed by atoms with van der Waals surface area (Å²) >= 11 is 0. The van der Waals surface area contributed by atoms with Crippen molar-refractivity contribution in [2.75, 3.05) is 13.1 Å². The van der Waals surface area contributed by atoms with Gasteiger partial charge in [0.25, 0.3) is 0 Å². The molecule has 1 aliphatic rings. The summed E-state index contributed by atoms with van der Waals surface area (Å²) in [6.07, 6.45) is 3.36. The Bertz CT molecular complexity index is 318. The van der Waals surface area contributed by atoms with Crippen LogP contribution in [-0.4, -0.2) is 35.6 Å². The van der Waals surface area contributed by atoms with Crippen LogP contribution in [0.1, 0.15) is 60.8 Å². The average molecular weight is 279 g/mol. The van der Waals surface area contributed by atoms with Crippen molar-refractivity contribution in [1.82, 2.24) is 10.2 Å². The largest absolute Gasteiger partial charge is 0.300 e. The van der Waals surface area contributed by atoms with Gasteiger partial charge < -0.3 is 4.90 Å². The maximum absolute atomic E-state index is 9.53. The molecule has 1 fully saturated rings. The van der Waals surface area contributed by atoms with Gasteiger partial charge in [0.05, 0.1) is 6.07 Å². The SMILES string of the molecule is CC(C)CN(CC(C)C)C(C)CC(C)(C#N)NC1CC1. The van der Waals surface area contributed by atoms with Crippen LogP contribution in [0.4, 0.5) is 0 Å². The maximum atomic E-state index is 9.53. The number of hydrogen-bond donors (Lipinski definition) is 1. The van der Waals surface area contributed by atoms with E-state index in [1.807, 2.05) is 0 Å². The van der Waals surface area contributed by atoms with E-state index in [1.165, 1.54) is 12.8 Å². The van der Waals surface area contributed by atoms with Gasteiger partial charge in [0, 0.05) is 25.2 Å². The molecule has 2 atom stereocenters. The van der Waals surface area contributed by atoms with Gasteiger partial charge in [-0.1, -0.05) is 27.7 Å². The number of nitriles is 1. The van der Waals surface area contributed by atoms with Crippen LogP contribution in [0.2, 0.25) is 0 Å². The summed E-state index contributed by atoms with van der Waals surface area (Å²) in [5.74, 6) is 1.34. The van der Waals surface area contributed by atoms with Crippen molar-refractivity contribution in [1.29, 1.82) is 5.26 Å². The van der Waals surface area contributed by atoms with Crippen LogP contribution >= 0.6 is 0 Å². The monoisotopic (exact) mass is 279 g/mol. The van der Waals surface area contributed by atoms with E-state index in [1.54, 1.807) is 0 Å². The van der Waals surface area contributed by atoms with Gasteiger partial charge in [-0.15, -0.1) is 0 Å². The molecule has 1 saturated carbocycles. The van der Waals surface area contributed by atoms with E-state index in [-0.39, 0.29) is 5.54 Å². The van der Waals surface area contributed by atoms with Crippen LogP contribution in [0.25, 0.3) is 0 Å². The lowest BCUT2D eigenvalue weighted by Crippen LogP contribution is -2.49. The fraction of sp³-hybridized carbons (Fsp3) is 0.941. The molecule has 0 aromatic carbocycles. The van der Waals surface area contributed by atoms with Crippen LogP contribution in [0.3, 0.4) is 0 Å². The van der Waals surface area contributed by atoms with Crippen molar-refractivity contribution in [3.05, 3.63) is 0 Å². The quantitative estimate of drug-likeness (QED) is 0.703. The third-order valence-electron chi connectivity index (χ3n) is 3.87. The van der Waals surface area contributed by atoms with Crippen molar-refractivity contribution in [2.24, 2.45) is 11.8 Å². The van der Waals surface area contributed by atoms with Crippen molar-refractivity contribution < 1.29 is 0 Å². The van der Waals surface area contributed by atoms with Crippen LogP contribution in [0.5, 0.6) is 0 Å². The Morgan fingerprint density at radius 3 is 2.00 bits per heavy atom. The molecule has 116 valence electrons. The Morgan fingerprint density at radius 1 is 1.15 bits per heavy atom. The molecule has 1 aliphatic carbocycles. The predicted octanol–water partition coefficient (Wildman–Crippen LogP) is 3.41. The van der Waals surface area contributed by atoms with E-state index in [4.69, 9.17) is 0 Å². The molecule has 0 aromatic rings. The van der Waals surface area contributed by atoms with E-state index in [2.05, 4.69) is 57.8 Å². The van der Waals surface area contributed by atoms with Gasteiger partial charge in [-0.05, 0) is 44.9 Å². The minimum atomic E-state index is -0.382. The minimum Gasteiger partial charge on any atom is -0.300 e. The molecular formula is C17H33N3. The number of nitrogens with one attached hydrogen (secondary N) is 1. The van der Waals surface area contributed by atoms with Crippen LogP contribution in [0.15, 0.2) is 0 Å². The molecule has 0 spiro atoms. The van der Waals surface area contributed by atoms with Crippen molar-refractivity contribution in [3.8, 4) is 6.07 Å². The second-order valence-electron chi connectivity index (χ2n) is 7.66. The Labute approximate surface area is 125 Å². The molecule has 0 radical (unpaired) electrons. The minimum absolute atomic E-state index is 0.382. The number of rotatable bonds is 9. The first-order valence-electron chi connectivity index (χ1n) is 8.18. The predicted molar refractivity (Wildman–Crippen MR) is 85.5 cm³/mol. The third kappa shape index (κ3) is 6.24. The van der Waals surface area contributed by atoms with Gasteiger partial charge in [-0.25, -0.2) is 0 Å². The lowest BCUT2D eigenvalue weighted by atomic mass is 9.93. The normalized spacial score (nSPS) is 20.2. The Balaban J connectivity index is 2.62.